The monoisotopic (exact) mass is 387 g/mol. The number of nitrogens with one attached hydrogen (secondary N) is 1. The second-order valence-corrected chi connectivity index (χ2v) is 6.77. The zero-order valence-corrected chi connectivity index (χ0v) is 15.8. The summed E-state index contributed by atoms with van der Waals surface area (Å²) in [6.45, 7) is 0. The number of thiazole rings is 1. The van der Waals surface area contributed by atoms with Crippen LogP contribution in [0.5, 0.6) is 0 Å². The third kappa shape index (κ3) is 4.62. The van der Waals surface area contributed by atoms with E-state index in [0.29, 0.717) is 12.8 Å². The van der Waals surface area contributed by atoms with Crippen LogP contribution in [0.3, 0.4) is 0 Å². The maximum atomic E-state index is 12.4. The van der Waals surface area contributed by atoms with Gasteiger partial charge in [-0.05, 0) is 30.9 Å². The Balaban J connectivity index is 0.00000144. The number of nitrogens with two attached hydrogens (primary N) is 1. The summed E-state index contributed by atoms with van der Waals surface area (Å²) in [5.41, 5.74) is 7.48. The number of amides is 1. The molecular formula is C17H23Cl2N3OS. The summed E-state index contributed by atoms with van der Waals surface area (Å²) in [5, 5.41) is 6.27. The lowest BCUT2D eigenvalue weighted by molar-refractivity contribution is -0.123. The zero-order chi connectivity index (χ0) is 15.4. The molecule has 3 N–H and O–H groups in total. The van der Waals surface area contributed by atoms with E-state index < -0.39 is 0 Å². The zero-order valence-electron chi connectivity index (χ0n) is 13.4. The van der Waals surface area contributed by atoms with Crippen molar-refractivity contribution in [3.05, 3.63) is 46.4 Å². The average molecular weight is 388 g/mol. The fourth-order valence-electron chi connectivity index (χ4n) is 3.17. The Labute approximate surface area is 159 Å². The molecule has 3 rings (SSSR count). The maximum absolute atomic E-state index is 12.4. The van der Waals surface area contributed by atoms with Gasteiger partial charge >= 0.3 is 0 Å². The van der Waals surface area contributed by atoms with Gasteiger partial charge in [-0.15, -0.1) is 36.2 Å². The van der Waals surface area contributed by atoms with E-state index in [1.165, 1.54) is 0 Å². The summed E-state index contributed by atoms with van der Waals surface area (Å²) in [4.78, 5) is 16.8. The molecule has 1 fully saturated rings. The van der Waals surface area contributed by atoms with Crippen LogP contribution in [0.15, 0.2) is 35.8 Å². The highest BCUT2D eigenvalue weighted by Gasteiger charge is 2.39. The van der Waals surface area contributed by atoms with Gasteiger partial charge in [0.05, 0.1) is 5.54 Å². The summed E-state index contributed by atoms with van der Waals surface area (Å²) in [7, 11) is 0. The van der Waals surface area contributed by atoms with Crippen LogP contribution < -0.4 is 11.1 Å². The van der Waals surface area contributed by atoms with Gasteiger partial charge in [0, 0.05) is 23.7 Å². The number of carbonyl (C=O) groups excluding carboxylic acids is 1. The topological polar surface area (TPSA) is 68.0 Å². The van der Waals surface area contributed by atoms with E-state index in [9.17, 15) is 4.79 Å². The average Bonchev–Trinajstić information content (AvgIpc) is 3.18. The minimum Gasteiger partial charge on any atom is -0.399 e. The Kier molecular flexibility index (Phi) is 8.00. The summed E-state index contributed by atoms with van der Waals surface area (Å²) < 4.78 is 0. The van der Waals surface area contributed by atoms with Crippen LogP contribution in [0.2, 0.25) is 0 Å². The molecule has 1 aromatic carbocycles. The molecule has 1 aromatic heterocycles. The molecule has 0 unspecified atom stereocenters. The van der Waals surface area contributed by atoms with Gasteiger partial charge in [0.2, 0.25) is 5.91 Å². The number of aromatic nitrogens is 1. The second-order valence-electron chi connectivity index (χ2n) is 5.87. The normalized spacial score (nSPS) is 15.2. The minimum atomic E-state index is -0.243. The van der Waals surface area contributed by atoms with E-state index >= 15 is 0 Å². The molecule has 4 nitrogen and oxygen atoms in total. The summed E-state index contributed by atoms with van der Waals surface area (Å²) >= 11 is 1.63. The second kappa shape index (κ2) is 9.25. The summed E-state index contributed by atoms with van der Waals surface area (Å²) in [5.74, 6) is 0.0837. The first-order valence-electron chi connectivity index (χ1n) is 7.74. The van der Waals surface area contributed by atoms with Crippen LogP contribution in [-0.4, -0.2) is 10.9 Å². The molecule has 0 bridgehead atoms. The number of hydrogen-bond acceptors (Lipinski definition) is 4. The lowest BCUT2D eigenvalue weighted by atomic mass is 9.97. The predicted molar refractivity (Wildman–Crippen MR) is 104 cm³/mol. The van der Waals surface area contributed by atoms with E-state index in [1.807, 2.05) is 35.8 Å². The molecule has 0 radical (unpaired) electrons. The molecule has 1 saturated carbocycles. The van der Waals surface area contributed by atoms with Crippen molar-refractivity contribution in [1.29, 1.82) is 0 Å². The number of anilines is 1. The largest absolute Gasteiger partial charge is 0.399 e. The van der Waals surface area contributed by atoms with Gasteiger partial charge in [-0.1, -0.05) is 31.0 Å². The van der Waals surface area contributed by atoms with Crippen molar-refractivity contribution in [2.75, 3.05) is 5.73 Å². The number of halogens is 2. The van der Waals surface area contributed by atoms with Gasteiger partial charge in [-0.3, -0.25) is 4.79 Å². The quantitative estimate of drug-likeness (QED) is 0.759. The number of carbonyl (C=O) groups is 1. The molecule has 1 amide bonds. The fraction of sp³-hybridized carbons (Fsp3) is 0.412. The Morgan fingerprint density at radius 2 is 1.96 bits per heavy atom. The summed E-state index contributed by atoms with van der Waals surface area (Å²) in [6.07, 6.45) is 7.21. The van der Waals surface area contributed by atoms with Crippen molar-refractivity contribution in [3.63, 3.8) is 0 Å². The van der Waals surface area contributed by atoms with Gasteiger partial charge in [0.25, 0.3) is 0 Å². The number of para-hydroxylation sites is 1. The lowest BCUT2D eigenvalue weighted by Crippen LogP contribution is -2.43. The van der Waals surface area contributed by atoms with Crippen molar-refractivity contribution in [2.45, 2.75) is 44.1 Å². The number of benzene rings is 1. The van der Waals surface area contributed by atoms with Crippen LogP contribution >= 0.6 is 36.2 Å². The molecule has 1 aliphatic rings. The lowest BCUT2D eigenvalue weighted by Gasteiger charge is -2.28. The van der Waals surface area contributed by atoms with E-state index in [2.05, 4.69) is 10.3 Å². The molecule has 0 spiro atoms. The predicted octanol–water partition coefficient (Wildman–Crippen LogP) is 4.09. The van der Waals surface area contributed by atoms with Gasteiger partial charge in [-0.2, -0.15) is 0 Å². The van der Waals surface area contributed by atoms with Crippen LogP contribution in [0.4, 0.5) is 5.69 Å². The van der Waals surface area contributed by atoms with Crippen molar-refractivity contribution >= 4 is 47.7 Å². The SMILES string of the molecule is Cl.Cl.Nc1ccccc1CCC(=O)NC1(c2nccs2)CCCC1. The third-order valence-corrected chi connectivity index (χ3v) is 5.33. The molecule has 1 heterocycles. The first-order chi connectivity index (χ1) is 10.7. The molecule has 0 atom stereocenters. The minimum absolute atomic E-state index is 0. The number of nitrogens with zero attached hydrogens (tertiary/aromatic N) is 1. The van der Waals surface area contributed by atoms with Gasteiger partial charge < -0.3 is 11.1 Å². The van der Waals surface area contributed by atoms with Gasteiger partial charge in [0.1, 0.15) is 5.01 Å². The van der Waals surface area contributed by atoms with Crippen LogP contribution in [-0.2, 0) is 16.8 Å². The molecule has 132 valence electrons. The highest BCUT2D eigenvalue weighted by molar-refractivity contribution is 7.09. The number of aryl methyl sites for hydroxylation is 1. The molecule has 24 heavy (non-hydrogen) atoms. The number of hydrogen-bond donors (Lipinski definition) is 2. The molecule has 0 saturated heterocycles. The van der Waals surface area contributed by atoms with E-state index in [1.54, 1.807) is 11.3 Å². The van der Waals surface area contributed by atoms with E-state index in [4.69, 9.17) is 5.73 Å². The van der Waals surface area contributed by atoms with Crippen molar-refractivity contribution < 1.29 is 4.79 Å². The van der Waals surface area contributed by atoms with Gasteiger partial charge in [0.15, 0.2) is 0 Å². The Hall–Kier alpha value is -1.30. The molecule has 0 aliphatic heterocycles. The number of rotatable bonds is 5. The third-order valence-electron chi connectivity index (χ3n) is 4.35. The van der Waals surface area contributed by atoms with Crippen LogP contribution in [0, 0.1) is 0 Å². The van der Waals surface area contributed by atoms with Crippen molar-refractivity contribution in [2.24, 2.45) is 0 Å². The van der Waals surface area contributed by atoms with Crippen LogP contribution in [0.25, 0.3) is 0 Å². The van der Waals surface area contributed by atoms with E-state index in [-0.39, 0.29) is 36.3 Å². The Morgan fingerprint density at radius 1 is 1.25 bits per heavy atom. The highest BCUT2D eigenvalue weighted by atomic mass is 35.5. The van der Waals surface area contributed by atoms with Crippen LogP contribution in [0.1, 0.15) is 42.7 Å². The van der Waals surface area contributed by atoms with Gasteiger partial charge in [-0.25, -0.2) is 4.98 Å². The first-order valence-corrected chi connectivity index (χ1v) is 8.62. The first kappa shape index (κ1) is 20.7. The standard InChI is InChI=1S/C17H21N3OS.2ClH/c18-14-6-2-1-5-13(14)7-8-15(21)20-17(9-3-4-10-17)16-19-11-12-22-16;;/h1-2,5-6,11-12H,3-4,7-10,18H2,(H,20,21);2*1H. The Morgan fingerprint density at radius 3 is 2.58 bits per heavy atom. The fourth-order valence-corrected chi connectivity index (χ4v) is 4.02. The molecular weight excluding hydrogens is 365 g/mol. The van der Waals surface area contributed by atoms with E-state index in [0.717, 1.165) is 41.9 Å². The smallest absolute Gasteiger partial charge is 0.221 e. The Bertz CT molecular complexity index is 643. The highest BCUT2D eigenvalue weighted by Crippen LogP contribution is 2.39. The van der Waals surface area contributed by atoms with Crippen molar-refractivity contribution in [3.8, 4) is 0 Å². The number of nitrogen functional groups attached to an aromatic ring is 1. The summed E-state index contributed by atoms with van der Waals surface area (Å²) in [6, 6.07) is 7.72. The molecule has 1 aliphatic carbocycles. The van der Waals surface area contributed by atoms with Crippen molar-refractivity contribution in [1.82, 2.24) is 10.3 Å². The molecule has 2 aromatic rings. The maximum Gasteiger partial charge on any atom is 0.221 e. The molecule has 7 heteroatoms.